The number of hydrogen-bond acceptors (Lipinski definition) is 6. The van der Waals surface area contributed by atoms with E-state index in [-0.39, 0.29) is 43.0 Å². The van der Waals surface area contributed by atoms with Crippen LogP contribution in [0.5, 0.6) is 0 Å². The van der Waals surface area contributed by atoms with Gasteiger partial charge >= 0.3 is 0 Å². The molecule has 0 aliphatic heterocycles. The van der Waals surface area contributed by atoms with Gasteiger partial charge in [0.05, 0.1) is 6.54 Å². The number of nitrogens with zero attached hydrogens (tertiary/aromatic N) is 2. The van der Waals surface area contributed by atoms with Gasteiger partial charge in [0.2, 0.25) is 5.89 Å². The molecule has 4 N–H and O–H groups in total. The van der Waals surface area contributed by atoms with Crippen LogP contribution in [-0.4, -0.2) is 29.0 Å². The Balaban J connectivity index is 0.00000220. The molecule has 0 bridgehead atoms. The van der Waals surface area contributed by atoms with Crippen molar-refractivity contribution in [1.82, 2.24) is 15.3 Å². The van der Waals surface area contributed by atoms with E-state index in [1.54, 1.807) is 12.4 Å². The number of amides is 1. The van der Waals surface area contributed by atoms with Crippen molar-refractivity contribution in [2.75, 3.05) is 18.4 Å². The molecule has 0 aliphatic carbocycles. The van der Waals surface area contributed by atoms with Crippen LogP contribution in [0.2, 0.25) is 0 Å². The predicted molar refractivity (Wildman–Crippen MR) is 88.7 cm³/mol. The third-order valence-electron chi connectivity index (χ3n) is 2.71. The van der Waals surface area contributed by atoms with E-state index in [4.69, 9.17) is 10.2 Å². The van der Waals surface area contributed by atoms with Crippen LogP contribution in [0.25, 0.3) is 0 Å². The molecule has 122 valence electrons. The SMILES string of the molecule is Cc1cnccc1NCCNC(=O)c1coc(CN)n1.Cl.Cl. The molecule has 2 aromatic heterocycles. The second kappa shape index (κ2) is 9.99. The van der Waals surface area contributed by atoms with Crippen LogP contribution < -0.4 is 16.4 Å². The average molecular weight is 348 g/mol. The normalized spacial score (nSPS) is 9.36. The molecule has 22 heavy (non-hydrogen) atoms. The summed E-state index contributed by atoms with van der Waals surface area (Å²) in [5, 5.41) is 5.96. The highest BCUT2D eigenvalue weighted by Crippen LogP contribution is 2.10. The van der Waals surface area contributed by atoms with Crippen LogP contribution in [0.1, 0.15) is 21.9 Å². The Bertz CT molecular complexity index is 591. The molecule has 0 saturated heterocycles. The van der Waals surface area contributed by atoms with Crippen LogP contribution in [0, 0.1) is 6.92 Å². The highest BCUT2D eigenvalue weighted by Gasteiger charge is 2.10. The van der Waals surface area contributed by atoms with Crippen molar-refractivity contribution in [1.29, 1.82) is 0 Å². The lowest BCUT2D eigenvalue weighted by molar-refractivity contribution is 0.0950. The largest absolute Gasteiger partial charge is 0.447 e. The van der Waals surface area contributed by atoms with Crippen molar-refractivity contribution in [3.63, 3.8) is 0 Å². The Morgan fingerprint density at radius 1 is 1.36 bits per heavy atom. The molecule has 7 nitrogen and oxygen atoms in total. The summed E-state index contributed by atoms with van der Waals surface area (Å²) >= 11 is 0. The van der Waals surface area contributed by atoms with Crippen molar-refractivity contribution < 1.29 is 9.21 Å². The Morgan fingerprint density at radius 2 is 2.14 bits per heavy atom. The van der Waals surface area contributed by atoms with E-state index in [2.05, 4.69) is 20.6 Å². The van der Waals surface area contributed by atoms with Crippen LogP contribution >= 0.6 is 24.8 Å². The highest BCUT2D eigenvalue weighted by atomic mass is 35.5. The average Bonchev–Trinajstić information content (AvgIpc) is 2.94. The van der Waals surface area contributed by atoms with Crippen molar-refractivity contribution in [2.24, 2.45) is 5.73 Å². The topological polar surface area (TPSA) is 106 Å². The number of aromatic nitrogens is 2. The van der Waals surface area contributed by atoms with Gasteiger partial charge in [0.15, 0.2) is 5.69 Å². The highest BCUT2D eigenvalue weighted by molar-refractivity contribution is 5.91. The van der Waals surface area contributed by atoms with Gasteiger partial charge in [0.1, 0.15) is 6.26 Å². The van der Waals surface area contributed by atoms with Crippen molar-refractivity contribution in [3.8, 4) is 0 Å². The standard InChI is InChI=1S/C13H17N5O2.2ClH/c1-9-7-15-3-2-10(9)16-4-5-17-13(19)11-8-20-12(6-14)18-11;;/h2-3,7-8H,4-6,14H2,1H3,(H,15,16)(H,17,19);2*1H. The molecule has 0 saturated carbocycles. The smallest absolute Gasteiger partial charge is 0.273 e. The first-order valence-corrected chi connectivity index (χ1v) is 6.28. The molecule has 0 radical (unpaired) electrons. The number of aryl methyl sites for hydroxylation is 1. The quantitative estimate of drug-likeness (QED) is 0.684. The molecule has 0 aromatic carbocycles. The fourth-order valence-electron chi connectivity index (χ4n) is 1.64. The number of hydrogen-bond donors (Lipinski definition) is 3. The minimum atomic E-state index is -0.276. The maximum Gasteiger partial charge on any atom is 0.273 e. The molecule has 0 fully saturated rings. The minimum absolute atomic E-state index is 0. The molecule has 2 aromatic rings. The summed E-state index contributed by atoms with van der Waals surface area (Å²) in [6, 6.07) is 1.89. The fraction of sp³-hybridized carbons (Fsp3) is 0.308. The Morgan fingerprint density at radius 3 is 2.77 bits per heavy atom. The number of nitrogens with one attached hydrogen (secondary N) is 2. The Kier molecular flexibility index (Phi) is 9.16. The summed E-state index contributed by atoms with van der Waals surface area (Å²) in [6.07, 6.45) is 4.81. The number of carbonyl (C=O) groups is 1. The van der Waals surface area contributed by atoms with Gasteiger partial charge in [0, 0.05) is 31.2 Å². The van der Waals surface area contributed by atoms with Gasteiger partial charge in [0.25, 0.3) is 5.91 Å². The summed E-state index contributed by atoms with van der Waals surface area (Å²) < 4.78 is 5.01. The summed E-state index contributed by atoms with van der Waals surface area (Å²) in [5.41, 5.74) is 7.66. The van der Waals surface area contributed by atoms with Gasteiger partial charge in [-0.2, -0.15) is 0 Å². The van der Waals surface area contributed by atoms with Gasteiger partial charge in [-0.05, 0) is 18.6 Å². The van der Waals surface area contributed by atoms with E-state index in [1.165, 1.54) is 6.26 Å². The molecular formula is C13H19Cl2N5O2. The second-order valence-electron chi connectivity index (χ2n) is 4.20. The molecule has 2 heterocycles. The lowest BCUT2D eigenvalue weighted by Gasteiger charge is -2.09. The van der Waals surface area contributed by atoms with Crippen molar-refractivity contribution in [3.05, 3.63) is 41.9 Å². The maximum absolute atomic E-state index is 11.7. The number of pyridine rings is 1. The molecule has 0 spiro atoms. The number of halogens is 2. The fourth-order valence-corrected chi connectivity index (χ4v) is 1.64. The van der Waals surface area contributed by atoms with Crippen LogP contribution in [0.4, 0.5) is 5.69 Å². The minimum Gasteiger partial charge on any atom is -0.447 e. The van der Waals surface area contributed by atoms with Gasteiger partial charge in [-0.3, -0.25) is 9.78 Å². The Hall–Kier alpha value is -1.83. The van der Waals surface area contributed by atoms with Crippen molar-refractivity contribution >= 4 is 36.4 Å². The zero-order valence-electron chi connectivity index (χ0n) is 12.0. The van der Waals surface area contributed by atoms with Gasteiger partial charge in [-0.15, -0.1) is 24.8 Å². The third-order valence-corrected chi connectivity index (χ3v) is 2.71. The van der Waals surface area contributed by atoms with Crippen molar-refractivity contribution in [2.45, 2.75) is 13.5 Å². The molecule has 0 aliphatic rings. The van der Waals surface area contributed by atoms with Gasteiger partial charge < -0.3 is 20.8 Å². The predicted octanol–water partition coefficient (Wildman–Crippen LogP) is 1.52. The number of anilines is 1. The van der Waals surface area contributed by atoms with Crippen LogP contribution in [0.3, 0.4) is 0 Å². The number of nitrogens with two attached hydrogens (primary N) is 1. The zero-order chi connectivity index (χ0) is 14.4. The first kappa shape index (κ1) is 20.2. The summed E-state index contributed by atoms with van der Waals surface area (Å²) in [7, 11) is 0. The van der Waals surface area contributed by atoms with Crippen LogP contribution in [0.15, 0.2) is 29.1 Å². The first-order chi connectivity index (χ1) is 9.70. The van der Waals surface area contributed by atoms with E-state index >= 15 is 0 Å². The summed E-state index contributed by atoms with van der Waals surface area (Å²) in [4.78, 5) is 19.7. The summed E-state index contributed by atoms with van der Waals surface area (Å²) in [5.74, 6) is 0.0717. The van der Waals surface area contributed by atoms with Crippen LogP contribution in [-0.2, 0) is 6.54 Å². The third kappa shape index (κ3) is 5.51. The molecule has 2 rings (SSSR count). The van der Waals surface area contributed by atoms with E-state index in [9.17, 15) is 4.79 Å². The molecular weight excluding hydrogens is 329 g/mol. The summed E-state index contributed by atoms with van der Waals surface area (Å²) in [6.45, 7) is 3.23. The molecule has 0 atom stereocenters. The lowest BCUT2D eigenvalue weighted by Crippen LogP contribution is -2.29. The lowest BCUT2D eigenvalue weighted by atomic mass is 10.2. The van der Waals surface area contributed by atoms with E-state index in [0.717, 1.165) is 11.3 Å². The number of carbonyl (C=O) groups excluding carboxylic acids is 1. The molecule has 0 unspecified atom stereocenters. The molecule has 1 amide bonds. The molecule has 9 heteroatoms. The van der Waals surface area contributed by atoms with Gasteiger partial charge in [-0.1, -0.05) is 0 Å². The number of rotatable bonds is 6. The maximum atomic E-state index is 11.7. The van der Waals surface area contributed by atoms with E-state index in [0.29, 0.717) is 19.0 Å². The monoisotopic (exact) mass is 347 g/mol. The van der Waals surface area contributed by atoms with Gasteiger partial charge in [-0.25, -0.2) is 4.98 Å². The number of oxazole rings is 1. The second-order valence-corrected chi connectivity index (χ2v) is 4.20. The van der Waals surface area contributed by atoms with E-state index in [1.807, 2.05) is 13.0 Å². The zero-order valence-corrected chi connectivity index (χ0v) is 13.7. The van der Waals surface area contributed by atoms with E-state index < -0.39 is 0 Å². The first-order valence-electron chi connectivity index (χ1n) is 6.28. The Labute approximate surface area is 140 Å².